The van der Waals surface area contributed by atoms with Gasteiger partial charge in [0.15, 0.2) is 0 Å². The Morgan fingerprint density at radius 2 is 2.29 bits per heavy atom. The Labute approximate surface area is 141 Å². The third-order valence-corrected chi connectivity index (χ3v) is 4.63. The van der Waals surface area contributed by atoms with Crippen molar-refractivity contribution in [2.75, 3.05) is 13.1 Å². The molecule has 6 heteroatoms. The van der Waals surface area contributed by atoms with Crippen LogP contribution in [0, 0.1) is 18.7 Å². The van der Waals surface area contributed by atoms with E-state index in [0.29, 0.717) is 17.9 Å². The molecule has 1 aromatic carbocycles. The SMILES string of the molecule is Cc1cc(CC2CCN(C(=O)CCCn3cncn3)C2)ccc1F. The molecule has 5 nitrogen and oxygen atoms in total. The highest BCUT2D eigenvalue weighted by molar-refractivity contribution is 5.76. The summed E-state index contributed by atoms with van der Waals surface area (Å²) in [7, 11) is 0. The summed E-state index contributed by atoms with van der Waals surface area (Å²) in [6, 6.07) is 5.30. The fourth-order valence-electron chi connectivity index (χ4n) is 3.29. The normalized spacial score (nSPS) is 17.4. The lowest BCUT2D eigenvalue weighted by atomic mass is 9.97. The Bertz CT molecular complexity index is 686. The molecule has 1 unspecified atom stereocenters. The minimum atomic E-state index is -0.158. The molecule has 1 amide bonds. The molecule has 1 fully saturated rings. The highest BCUT2D eigenvalue weighted by atomic mass is 19.1. The Balaban J connectivity index is 1.44. The molecule has 1 atom stereocenters. The van der Waals surface area contributed by atoms with Gasteiger partial charge in [0.05, 0.1) is 0 Å². The Morgan fingerprint density at radius 1 is 1.42 bits per heavy atom. The monoisotopic (exact) mass is 330 g/mol. The van der Waals surface area contributed by atoms with Crippen LogP contribution < -0.4 is 0 Å². The quantitative estimate of drug-likeness (QED) is 0.818. The van der Waals surface area contributed by atoms with Crippen LogP contribution in [0.2, 0.25) is 0 Å². The number of aromatic nitrogens is 3. The largest absolute Gasteiger partial charge is 0.342 e. The smallest absolute Gasteiger partial charge is 0.222 e. The standard InChI is InChI=1S/C18H23FN4O/c1-14-9-15(4-5-17(14)19)10-16-6-8-22(11-16)18(24)3-2-7-23-13-20-12-21-23/h4-5,9,12-13,16H,2-3,6-8,10-11H2,1H3. The molecule has 1 aromatic heterocycles. The van der Waals surface area contributed by atoms with E-state index in [1.807, 2.05) is 17.0 Å². The first-order valence-corrected chi connectivity index (χ1v) is 8.47. The summed E-state index contributed by atoms with van der Waals surface area (Å²) >= 11 is 0. The number of benzene rings is 1. The number of nitrogens with zero attached hydrogens (tertiary/aromatic N) is 4. The van der Waals surface area contributed by atoms with Gasteiger partial charge < -0.3 is 4.90 Å². The summed E-state index contributed by atoms with van der Waals surface area (Å²) in [5.41, 5.74) is 1.84. The van der Waals surface area contributed by atoms with E-state index < -0.39 is 0 Å². The van der Waals surface area contributed by atoms with E-state index in [0.717, 1.165) is 44.5 Å². The van der Waals surface area contributed by atoms with Gasteiger partial charge in [0.25, 0.3) is 0 Å². The lowest BCUT2D eigenvalue weighted by molar-refractivity contribution is -0.130. The summed E-state index contributed by atoms with van der Waals surface area (Å²) in [4.78, 5) is 18.2. The molecule has 2 aromatic rings. The second-order valence-corrected chi connectivity index (χ2v) is 6.54. The highest BCUT2D eigenvalue weighted by Crippen LogP contribution is 2.22. The average Bonchev–Trinajstić information content (AvgIpc) is 3.23. The van der Waals surface area contributed by atoms with Crippen LogP contribution in [0.1, 0.15) is 30.4 Å². The van der Waals surface area contributed by atoms with Crippen LogP contribution in [-0.2, 0) is 17.8 Å². The molecule has 1 saturated heterocycles. The Morgan fingerprint density at radius 3 is 3.04 bits per heavy atom. The maximum Gasteiger partial charge on any atom is 0.222 e. The van der Waals surface area contributed by atoms with Crippen molar-refractivity contribution in [3.05, 3.63) is 47.8 Å². The molecule has 2 heterocycles. The fourth-order valence-corrected chi connectivity index (χ4v) is 3.29. The van der Waals surface area contributed by atoms with Gasteiger partial charge in [-0.15, -0.1) is 0 Å². The molecule has 0 aliphatic carbocycles. The number of hydrogen-bond acceptors (Lipinski definition) is 3. The van der Waals surface area contributed by atoms with E-state index in [-0.39, 0.29) is 11.7 Å². The predicted molar refractivity (Wildman–Crippen MR) is 88.8 cm³/mol. The van der Waals surface area contributed by atoms with Crippen LogP contribution in [0.3, 0.4) is 0 Å². The first kappa shape index (κ1) is 16.6. The van der Waals surface area contributed by atoms with Crippen LogP contribution in [-0.4, -0.2) is 38.7 Å². The molecular weight excluding hydrogens is 307 g/mol. The van der Waals surface area contributed by atoms with Gasteiger partial charge >= 0.3 is 0 Å². The minimum Gasteiger partial charge on any atom is -0.342 e. The zero-order valence-electron chi connectivity index (χ0n) is 14.0. The number of amides is 1. The maximum atomic E-state index is 13.3. The van der Waals surface area contributed by atoms with Crippen molar-refractivity contribution in [3.8, 4) is 0 Å². The van der Waals surface area contributed by atoms with Crippen molar-refractivity contribution >= 4 is 5.91 Å². The first-order chi connectivity index (χ1) is 11.6. The molecule has 24 heavy (non-hydrogen) atoms. The van der Waals surface area contributed by atoms with E-state index in [9.17, 15) is 9.18 Å². The molecule has 0 bridgehead atoms. The van der Waals surface area contributed by atoms with Crippen LogP contribution >= 0.6 is 0 Å². The molecule has 128 valence electrons. The van der Waals surface area contributed by atoms with Gasteiger partial charge in [0.2, 0.25) is 5.91 Å². The summed E-state index contributed by atoms with van der Waals surface area (Å²) in [6.07, 6.45) is 6.42. The van der Waals surface area contributed by atoms with E-state index in [1.54, 1.807) is 17.9 Å². The van der Waals surface area contributed by atoms with Crippen molar-refractivity contribution in [1.82, 2.24) is 19.7 Å². The first-order valence-electron chi connectivity index (χ1n) is 8.47. The van der Waals surface area contributed by atoms with E-state index in [1.165, 1.54) is 12.4 Å². The van der Waals surface area contributed by atoms with Gasteiger partial charge in [-0.25, -0.2) is 9.37 Å². The van der Waals surface area contributed by atoms with Gasteiger partial charge in [0, 0.05) is 26.1 Å². The minimum absolute atomic E-state index is 0.158. The van der Waals surface area contributed by atoms with Crippen LogP contribution in [0.25, 0.3) is 0 Å². The van der Waals surface area contributed by atoms with Crippen LogP contribution in [0.15, 0.2) is 30.9 Å². The summed E-state index contributed by atoms with van der Waals surface area (Å²) < 4.78 is 15.1. The van der Waals surface area contributed by atoms with Crippen molar-refractivity contribution in [2.45, 2.75) is 39.2 Å². The van der Waals surface area contributed by atoms with Gasteiger partial charge in [-0.3, -0.25) is 9.48 Å². The Kier molecular flexibility index (Phi) is 5.23. The van der Waals surface area contributed by atoms with E-state index in [2.05, 4.69) is 10.1 Å². The molecule has 0 saturated carbocycles. The van der Waals surface area contributed by atoms with Gasteiger partial charge in [0.1, 0.15) is 18.5 Å². The van der Waals surface area contributed by atoms with Gasteiger partial charge in [-0.2, -0.15) is 5.10 Å². The average molecular weight is 330 g/mol. The molecule has 1 aliphatic rings. The third-order valence-electron chi connectivity index (χ3n) is 4.63. The molecule has 0 radical (unpaired) electrons. The number of carbonyl (C=O) groups is 1. The molecule has 3 rings (SSSR count). The second kappa shape index (κ2) is 7.55. The van der Waals surface area contributed by atoms with Crippen molar-refractivity contribution in [3.63, 3.8) is 0 Å². The zero-order chi connectivity index (χ0) is 16.9. The Hall–Kier alpha value is -2.24. The van der Waals surface area contributed by atoms with Crippen molar-refractivity contribution < 1.29 is 9.18 Å². The summed E-state index contributed by atoms with van der Waals surface area (Å²) in [5.74, 6) is 0.524. The summed E-state index contributed by atoms with van der Waals surface area (Å²) in [6.45, 7) is 4.14. The third kappa shape index (κ3) is 4.19. The zero-order valence-corrected chi connectivity index (χ0v) is 14.0. The lowest BCUT2D eigenvalue weighted by Gasteiger charge is -2.17. The number of hydrogen-bond donors (Lipinski definition) is 0. The number of rotatable bonds is 6. The fraction of sp³-hybridized carbons (Fsp3) is 0.500. The van der Waals surface area contributed by atoms with Crippen molar-refractivity contribution in [1.29, 1.82) is 0 Å². The van der Waals surface area contributed by atoms with Crippen molar-refractivity contribution in [2.24, 2.45) is 5.92 Å². The summed E-state index contributed by atoms with van der Waals surface area (Å²) in [5, 5.41) is 4.04. The molecule has 1 aliphatic heterocycles. The maximum absolute atomic E-state index is 13.3. The highest BCUT2D eigenvalue weighted by Gasteiger charge is 2.26. The number of halogens is 1. The van der Waals surface area contributed by atoms with E-state index in [4.69, 9.17) is 0 Å². The number of aryl methyl sites for hydroxylation is 2. The molecular formula is C18H23FN4O. The van der Waals surface area contributed by atoms with Crippen LogP contribution in [0.5, 0.6) is 0 Å². The van der Waals surface area contributed by atoms with E-state index >= 15 is 0 Å². The number of likely N-dealkylation sites (tertiary alicyclic amines) is 1. The number of carbonyl (C=O) groups excluding carboxylic acids is 1. The second-order valence-electron chi connectivity index (χ2n) is 6.54. The lowest BCUT2D eigenvalue weighted by Crippen LogP contribution is -2.29. The van der Waals surface area contributed by atoms with Crippen LogP contribution in [0.4, 0.5) is 4.39 Å². The van der Waals surface area contributed by atoms with Gasteiger partial charge in [-0.1, -0.05) is 12.1 Å². The molecule has 0 spiro atoms. The molecule has 0 N–H and O–H groups in total. The topological polar surface area (TPSA) is 51.0 Å². The van der Waals surface area contributed by atoms with Gasteiger partial charge in [-0.05, 0) is 49.3 Å². The predicted octanol–water partition coefficient (Wildman–Crippen LogP) is 2.60.